The molecule has 0 N–H and O–H groups in total. The molecule has 148 valence electrons. The maximum absolute atomic E-state index is 11.9. The van der Waals surface area contributed by atoms with Gasteiger partial charge in [0.2, 0.25) is 0 Å². The minimum atomic E-state index is 0.477. The Kier molecular flexibility index (Phi) is 15.2. The van der Waals surface area contributed by atoms with Crippen molar-refractivity contribution in [3.05, 3.63) is 35.9 Å². The lowest BCUT2D eigenvalue weighted by atomic mass is 10.0. The summed E-state index contributed by atoms with van der Waals surface area (Å²) in [5, 5.41) is 0. The standard InChI is InChI=1S/C24H40O2/c1-2-3-4-5-6-8-14-19-24(25)20-15-9-7-10-16-21-26-22-23-17-12-11-13-18-23/h11-13,17-18H,2-10,14-16,19-22H2,1H3. The van der Waals surface area contributed by atoms with Gasteiger partial charge in [0, 0.05) is 19.4 Å². The molecule has 0 spiro atoms. The molecule has 0 unspecified atom stereocenters. The summed E-state index contributed by atoms with van der Waals surface area (Å²) in [5.41, 5.74) is 1.24. The van der Waals surface area contributed by atoms with Crippen molar-refractivity contribution in [3.63, 3.8) is 0 Å². The second-order valence-electron chi connectivity index (χ2n) is 7.47. The molecule has 0 heterocycles. The second-order valence-corrected chi connectivity index (χ2v) is 7.47. The number of carbonyl (C=O) groups excluding carboxylic acids is 1. The number of ether oxygens (including phenoxy) is 1. The highest BCUT2D eigenvalue weighted by Gasteiger charge is 2.02. The van der Waals surface area contributed by atoms with Crippen LogP contribution in [0.4, 0.5) is 0 Å². The largest absolute Gasteiger partial charge is 0.377 e. The van der Waals surface area contributed by atoms with Crippen LogP contribution in [0.2, 0.25) is 0 Å². The van der Waals surface area contributed by atoms with Gasteiger partial charge in [-0.1, -0.05) is 95.0 Å². The van der Waals surface area contributed by atoms with Crippen LogP contribution in [0.5, 0.6) is 0 Å². The third kappa shape index (κ3) is 14.1. The minimum Gasteiger partial charge on any atom is -0.377 e. The molecule has 0 bridgehead atoms. The van der Waals surface area contributed by atoms with E-state index < -0.39 is 0 Å². The van der Waals surface area contributed by atoms with Crippen molar-refractivity contribution in [2.24, 2.45) is 0 Å². The van der Waals surface area contributed by atoms with Crippen molar-refractivity contribution in [3.8, 4) is 0 Å². The molecular weight excluding hydrogens is 320 g/mol. The van der Waals surface area contributed by atoms with Gasteiger partial charge in [-0.3, -0.25) is 4.79 Å². The summed E-state index contributed by atoms with van der Waals surface area (Å²) in [7, 11) is 0. The summed E-state index contributed by atoms with van der Waals surface area (Å²) in [5.74, 6) is 0.477. The van der Waals surface area contributed by atoms with E-state index in [0.29, 0.717) is 12.4 Å². The third-order valence-electron chi connectivity index (χ3n) is 4.92. The molecule has 1 aromatic carbocycles. The van der Waals surface area contributed by atoms with Crippen molar-refractivity contribution in [1.29, 1.82) is 0 Å². The van der Waals surface area contributed by atoms with Crippen LogP contribution in [0.3, 0.4) is 0 Å². The number of Topliss-reactive ketones (excluding diaryl/α,β-unsaturated/α-hetero) is 1. The molecule has 26 heavy (non-hydrogen) atoms. The topological polar surface area (TPSA) is 26.3 Å². The first-order chi connectivity index (χ1) is 12.8. The van der Waals surface area contributed by atoms with Gasteiger partial charge in [0.15, 0.2) is 0 Å². The van der Waals surface area contributed by atoms with Gasteiger partial charge in [-0.15, -0.1) is 0 Å². The number of rotatable bonds is 18. The molecule has 1 aromatic rings. The lowest BCUT2D eigenvalue weighted by molar-refractivity contribution is -0.119. The monoisotopic (exact) mass is 360 g/mol. The lowest BCUT2D eigenvalue weighted by Crippen LogP contribution is -1.98. The molecule has 0 amide bonds. The van der Waals surface area contributed by atoms with E-state index in [1.54, 1.807) is 0 Å². The smallest absolute Gasteiger partial charge is 0.132 e. The predicted molar refractivity (Wildman–Crippen MR) is 111 cm³/mol. The number of carbonyl (C=O) groups is 1. The van der Waals surface area contributed by atoms with Gasteiger partial charge in [0.1, 0.15) is 5.78 Å². The maximum atomic E-state index is 11.9. The van der Waals surface area contributed by atoms with Crippen LogP contribution in [-0.2, 0) is 16.1 Å². The summed E-state index contributed by atoms with van der Waals surface area (Å²) in [6.07, 6.45) is 16.4. The van der Waals surface area contributed by atoms with E-state index in [1.807, 2.05) is 18.2 Å². The van der Waals surface area contributed by atoms with Crippen molar-refractivity contribution in [1.82, 2.24) is 0 Å². The third-order valence-corrected chi connectivity index (χ3v) is 4.92. The fourth-order valence-electron chi connectivity index (χ4n) is 3.23. The van der Waals surface area contributed by atoms with E-state index in [4.69, 9.17) is 4.74 Å². The number of benzene rings is 1. The molecule has 0 aliphatic heterocycles. The van der Waals surface area contributed by atoms with Crippen LogP contribution in [0.15, 0.2) is 30.3 Å². The fourth-order valence-corrected chi connectivity index (χ4v) is 3.23. The average molecular weight is 361 g/mol. The van der Waals surface area contributed by atoms with E-state index in [0.717, 1.165) is 38.7 Å². The SMILES string of the molecule is CCCCCCCCCC(=O)CCCCCCCOCc1ccccc1. The molecule has 1 rings (SSSR count). The first kappa shape index (κ1) is 22.9. The van der Waals surface area contributed by atoms with Crippen molar-refractivity contribution < 1.29 is 9.53 Å². The van der Waals surface area contributed by atoms with Gasteiger partial charge < -0.3 is 4.74 Å². The predicted octanol–water partition coefficient (Wildman–Crippen LogP) is 7.25. The minimum absolute atomic E-state index is 0.477. The zero-order chi connectivity index (χ0) is 18.7. The molecule has 2 nitrogen and oxygen atoms in total. The van der Waals surface area contributed by atoms with Crippen molar-refractivity contribution >= 4 is 5.78 Å². The van der Waals surface area contributed by atoms with Gasteiger partial charge >= 0.3 is 0 Å². The molecule has 0 radical (unpaired) electrons. The summed E-state index contributed by atoms with van der Waals surface area (Å²) in [4.78, 5) is 11.9. The van der Waals surface area contributed by atoms with E-state index in [-0.39, 0.29) is 0 Å². The van der Waals surface area contributed by atoms with Crippen LogP contribution in [0.25, 0.3) is 0 Å². The number of ketones is 1. The van der Waals surface area contributed by atoms with Gasteiger partial charge in [-0.25, -0.2) is 0 Å². The molecule has 2 heteroatoms. The van der Waals surface area contributed by atoms with Crippen LogP contribution in [0.1, 0.15) is 102 Å². The van der Waals surface area contributed by atoms with Crippen LogP contribution >= 0.6 is 0 Å². The van der Waals surface area contributed by atoms with Gasteiger partial charge in [-0.05, 0) is 24.8 Å². The normalized spacial score (nSPS) is 11.0. The number of hydrogen-bond acceptors (Lipinski definition) is 2. The van der Waals surface area contributed by atoms with E-state index in [2.05, 4.69) is 19.1 Å². The first-order valence-electron chi connectivity index (χ1n) is 11.0. The Morgan fingerprint density at radius 3 is 1.88 bits per heavy atom. The van der Waals surface area contributed by atoms with Crippen LogP contribution < -0.4 is 0 Å². The molecular formula is C24H40O2. The van der Waals surface area contributed by atoms with E-state index in [9.17, 15) is 4.79 Å². The highest BCUT2D eigenvalue weighted by atomic mass is 16.5. The Bertz CT molecular complexity index is 427. The first-order valence-corrected chi connectivity index (χ1v) is 11.0. The zero-order valence-corrected chi connectivity index (χ0v) is 17.0. The van der Waals surface area contributed by atoms with Gasteiger partial charge in [0.25, 0.3) is 0 Å². The van der Waals surface area contributed by atoms with Gasteiger partial charge in [0.05, 0.1) is 6.61 Å². The number of unbranched alkanes of at least 4 members (excludes halogenated alkanes) is 10. The fraction of sp³-hybridized carbons (Fsp3) is 0.708. The highest BCUT2D eigenvalue weighted by Crippen LogP contribution is 2.11. The highest BCUT2D eigenvalue weighted by molar-refractivity contribution is 5.78. The lowest BCUT2D eigenvalue weighted by Gasteiger charge is -2.05. The van der Waals surface area contributed by atoms with Crippen LogP contribution in [0, 0.1) is 0 Å². The Morgan fingerprint density at radius 1 is 0.731 bits per heavy atom. The Morgan fingerprint density at radius 2 is 1.27 bits per heavy atom. The van der Waals surface area contributed by atoms with Crippen molar-refractivity contribution in [2.45, 2.75) is 103 Å². The summed E-state index contributed by atoms with van der Waals surface area (Å²) >= 11 is 0. The molecule has 0 saturated heterocycles. The summed E-state index contributed by atoms with van der Waals surface area (Å²) in [6, 6.07) is 10.3. The molecule has 0 aliphatic rings. The maximum Gasteiger partial charge on any atom is 0.132 e. The average Bonchev–Trinajstić information content (AvgIpc) is 2.67. The molecule has 0 atom stereocenters. The molecule has 0 saturated carbocycles. The second kappa shape index (κ2) is 17.3. The van der Waals surface area contributed by atoms with Gasteiger partial charge in [-0.2, -0.15) is 0 Å². The summed E-state index contributed by atoms with van der Waals surface area (Å²) < 4.78 is 5.70. The summed E-state index contributed by atoms with van der Waals surface area (Å²) in [6.45, 7) is 3.80. The molecule has 0 aromatic heterocycles. The zero-order valence-electron chi connectivity index (χ0n) is 17.0. The Labute approximate surface area is 161 Å². The van der Waals surface area contributed by atoms with E-state index in [1.165, 1.54) is 63.4 Å². The quantitative estimate of drug-likeness (QED) is 0.258. The molecule has 0 fully saturated rings. The van der Waals surface area contributed by atoms with E-state index >= 15 is 0 Å². The Balaban J connectivity index is 1.78. The Hall–Kier alpha value is -1.15. The molecule has 0 aliphatic carbocycles. The van der Waals surface area contributed by atoms with Crippen LogP contribution in [-0.4, -0.2) is 12.4 Å². The number of hydrogen-bond donors (Lipinski definition) is 0. The van der Waals surface area contributed by atoms with Crippen molar-refractivity contribution in [2.75, 3.05) is 6.61 Å².